The van der Waals surface area contributed by atoms with Crippen molar-refractivity contribution in [3.05, 3.63) is 35.4 Å². The minimum Gasteiger partial charge on any atom is -0.481 e. The van der Waals surface area contributed by atoms with Gasteiger partial charge >= 0.3 is 5.97 Å². The Balaban J connectivity index is 0.000000148. The molecule has 100 valence electrons. The molecule has 0 radical (unpaired) electrons. The number of imide groups is 1. The van der Waals surface area contributed by atoms with E-state index in [0.29, 0.717) is 11.1 Å². The molecule has 1 saturated carbocycles. The minimum atomic E-state index is -0.609. The smallest absolute Gasteiger partial charge is 0.306 e. The molecule has 5 nitrogen and oxygen atoms in total. The number of fused-ring (bicyclic) bond motifs is 1. The van der Waals surface area contributed by atoms with E-state index < -0.39 is 5.97 Å². The molecule has 1 aromatic rings. The molecule has 1 heterocycles. The number of hydrogen-bond acceptors (Lipinski definition) is 3. The Bertz CT molecular complexity index is 485. The van der Waals surface area contributed by atoms with Crippen molar-refractivity contribution in [2.24, 2.45) is 5.92 Å². The fourth-order valence-corrected chi connectivity index (χ4v) is 2.29. The van der Waals surface area contributed by atoms with E-state index in [1.54, 1.807) is 24.3 Å². The van der Waals surface area contributed by atoms with Gasteiger partial charge in [0.15, 0.2) is 0 Å². The van der Waals surface area contributed by atoms with Crippen LogP contribution >= 0.6 is 0 Å². The summed E-state index contributed by atoms with van der Waals surface area (Å²) in [6.07, 6.45) is 4.01. The molecule has 0 spiro atoms. The van der Waals surface area contributed by atoms with Crippen LogP contribution in [0.1, 0.15) is 46.4 Å². The Labute approximate surface area is 110 Å². The molecular formula is C14H15NO4. The Morgan fingerprint density at radius 1 is 1.05 bits per heavy atom. The lowest BCUT2D eigenvalue weighted by molar-refractivity contribution is -0.141. The topological polar surface area (TPSA) is 83.5 Å². The zero-order chi connectivity index (χ0) is 13.8. The van der Waals surface area contributed by atoms with Crippen LogP contribution in [0.15, 0.2) is 24.3 Å². The zero-order valence-electron chi connectivity index (χ0n) is 10.4. The van der Waals surface area contributed by atoms with Crippen molar-refractivity contribution < 1.29 is 19.5 Å². The van der Waals surface area contributed by atoms with Gasteiger partial charge in [-0.25, -0.2) is 0 Å². The molecule has 0 unspecified atom stereocenters. The molecular weight excluding hydrogens is 246 g/mol. The van der Waals surface area contributed by atoms with E-state index in [9.17, 15) is 14.4 Å². The number of nitrogens with one attached hydrogen (secondary N) is 1. The Morgan fingerprint density at radius 2 is 1.53 bits per heavy atom. The molecule has 0 aromatic heterocycles. The molecule has 0 atom stereocenters. The lowest BCUT2D eigenvalue weighted by atomic mass is 10.1. The summed E-state index contributed by atoms with van der Waals surface area (Å²) in [5.74, 6) is -1.23. The summed E-state index contributed by atoms with van der Waals surface area (Å²) in [6.45, 7) is 0. The van der Waals surface area contributed by atoms with Gasteiger partial charge in [-0.2, -0.15) is 0 Å². The Hall–Kier alpha value is -2.17. The van der Waals surface area contributed by atoms with Crippen molar-refractivity contribution >= 4 is 17.8 Å². The summed E-state index contributed by atoms with van der Waals surface area (Å²) < 4.78 is 0. The molecule has 1 fully saturated rings. The maximum absolute atomic E-state index is 10.9. The van der Waals surface area contributed by atoms with Crippen molar-refractivity contribution in [2.75, 3.05) is 0 Å². The first-order valence-corrected chi connectivity index (χ1v) is 6.27. The van der Waals surface area contributed by atoms with E-state index in [-0.39, 0.29) is 17.7 Å². The quantitative estimate of drug-likeness (QED) is 0.755. The fourth-order valence-electron chi connectivity index (χ4n) is 2.29. The van der Waals surface area contributed by atoms with Crippen LogP contribution in [-0.4, -0.2) is 22.9 Å². The number of carbonyl (C=O) groups is 3. The normalized spacial score (nSPS) is 17.5. The number of carboxylic acid groups (broad SMARTS) is 1. The van der Waals surface area contributed by atoms with E-state index in [1.165, 1.54) is 0 Å². The van der Waals surface area contributed by atoms with Crippen LogP contribution < -0.4 is 5.32 Å². The molecule has 2 N–H and O–H groups in total. The minimum absolute atomic E-state index is 0.0185. The van der Waals surface area contributed by atoms with Gasteiger partial charge in [-0.3, -0.25) is 19.7 Å². The lowest BCUT2D eigenvalue weighted by Crippen LogP contribution is -2.19. The molecule has 0 saturated heterocycles. The first-order chi connectivity index (χ1) is 9.09. The Kier molecular flexibility index (Phi) is 3.94. The van der Waals surface area contributed by atoms with E-state index in [1.807, 2.05) is 0 Å². The van der Waals surface area contributed by atoms with Crippen LogP contribution in [0.5, 0.6) is 0 Å². The SMILES string of the molecule is O=C(O)C1CCCC1.O=C1NC(=O)c2ccccc21. The maximum Gasteiger partial charge on any atom is 0.306 e. The molecule has 0 bridgehead atoms. The standard InChI is InChI=1S/C8H5NO2.C6H10O2/c10-7-5-3-1-2-4-6(5)8(11)9-7;7-6(8)5-3-1-2-4-5/h1-4H,(H,9,10,11);5H,1-4H2,(H,7,8). The number of aliphatic carboxylic acids is 1. The maximum atomic E-state index is 10.9. The molecule has 2 aliphatic rings. The summed E-state index contributed by atoms with van der Waals surface area (Å²) in [6, 6.07) is 6.74. The second kappa shape index (κ2) is 5.65. The van der Waals surface area contributed by atoms with Gasteiger partial charge in [0.05, 0.1) is 17.0 Å². The zero-order valence-corrected chi connectivity index (χ0v) is 10.4. The highest BCUT2D eigenvalue weighted by Crippen LogP contribution is 2.24. The largest absolute Gasteiger partial charge is 0.481 e. The average molecular weight is 261 g/mol. The monoisotopic (exact) mass is 261 g/mol. The van der Waals surface area contributed by atoms with Crippen LogP contribution in [-0.2, 0) is 4.79 Å². The molecule has 5 heteroatoms. The summed E-state index contributed by atoms with van der Waals surface area (Å²) in [5.41, 5.74) is 0.940. The first-order valence-electron chi connectivity index (χ1n) is 6.27. The number of carboxylic acids is 1. The van der Waals surface area contributed by atoms with E-state index in [2.05, 4.69) is 5.32 Å². The number of hydrogen-bond donors (Lipinski definition) is 2. The van der Waals surface area contributed by atoms with Crippen molar-refractivity contribution in [1.29, 1.82) is 0 Å². The fraction of sp³-hybridized carbons (Fsp3) is 0.357. The van der Waals surface area contributed by atoms with Crippen LogP contribution in [0.3, 0.4) is 0 Å². The third-order valence-corrected chi connectivity index (χ3v) is 3.35. The predicted molar refractivity (Wildman–Crippen MR) is 67.8 cm³/mol. The van der Waals surface area contributed by atoms with Gasteiger partial charge in [-0.15, -0.1) is 0 Å². The van der Waals surface area contributed by atoms with Crippen LogP contribution in [0.2, 0.25) is 0 Å². The van der Waals surface area contributed by atoms with Crippen LogP contribution in [0.25, 0.3) is 0 Å². The van der Waals surface area contributed by atoms with Crippen molar-refractivity contribution in [3.63, 3.8) is 0 Å². The summed E-state index contributed by atoms with van der Waals surface area (Å²) >= 11 is 0. The van der Waals surface area contributed by atoms with Gasteiger partial charge < -0.3 is 5.11 Å². The average Bonchev–Trinajstić information content (AvgIpc) is 3.01. The lowest BCUT2D eigenvalue weighted by Gasteiger charge is -1.97. The van der Waals surface area contributed by atoms with Gasteiger partial charge in [0.2, 0.25) is 0 Å². The first kappa shape index (κ1) is 13.3. The third-order valence-electron chi connectivity index (χ3n) is 3.35. The third kappa shape index (κ3) is 2.99. The highest BCUT2D eigenvalue weighted by molar-refractivity contribution is 6.21. The second-order valence-electron chi connectivity index (χ2n) is 4.65. The molecule has 1 aliphatic heterocycles. The van der Waals surface area contributed by atoms with Gasteiger partial charge in [-0.1, -0.05) is 25.0 Å². The highest BCUT2D eigenvalue weighted by atomic mass is 16.4. The van der Waals surface area contributed by atoms with Gasteiger partial charge in [0.1, 0.15) is 0 Å². The van der Waals surface area contributed by atoms with Gasteiger partial charge in [0, 0.05) is 0 Å². The van der Waals surface area contributed by atoms with Crippen LogP contribution in [0, 0.1) is 5.92 Å². The van der Waals surface area contributed by atoms with Crippen molar-refractivity contribution in [2.45, 2.75) is 25.7 Å². The van der Waals surface area contributed by atoms with Gasteiger partial charge in [0.25, 0.3) is 11.8 Å². The van der Waals surface area contributed by atoms with E-state index in [0.717, 1.165) is 25.7 Å². The Morgan fingerprint density at radius 3 is 1.89 bits per heavy atom. The van der Waals surface area contributed by atoms with Crippen molar-refractivity contribution in [3.8, 4) is 0 Å². The van der Waals surface area contributed by atoms with Crippen molar-refractivity contribution in [1.82, 2.24) is 5.32 Å². The molecule has 19 heavy (non-hydrogen) atoms. The number of amides is 2. The van der Waals surface area contributed by atoms with Crippen LogP contribution in [0.4, 0.5) is 0 Å². The molecule has 3 rings (SSSR count). The summed E-state index contributed by atoms with van der Waals surface area (Å²) in [5, 5.41) is 10.6. The van der Waals surface area contributed by atoms with Gasteiger partial charge in [-0.05, 0) is 25.0 Å². The number of carbonyl (C=O) groups excluding carboxylic acids is 2. The number of benzene rings is 1. The molecule has 1 aliphatic carbocycles. The highest BCUT2D eigenvalue weighted by Gasteiger charge is 2.25. The molecule has 1 aromatic carbocycles. The molecule has 2 amide bonds. The summed E-state index contributed by atoms with van der Waals surface area (Å²) in [7, 11) is 0. The second-order valence-corrected chi connectivity index (χ2v) is 4.65. The summed E-state index contributed by atoms with van der Waals surface area (Å²) in [4.78, 5) is 32.1. The number of rotatable bonds is 1. The van der Waals surface area contributed by atoms with E-state index in [4.69, 9.17) is 5.11 Å². The van der Waals surface area contributed by atoms with E-state index >= 15 is 0 Å². The predicted octanol–water partition coefficient (Wildman–Crippen LogP) is 1.83.